The Morgan fingerprint density at radius 3 is 2.43 bits per heavy atom. The summed E-state index contributed by atoms with van der Waals surface area (Å²) in [4.78, 5) is 12.3. The second kappa shape index (κ2) is 7.36. The summed E-state index contributed by atoms with van der Waals surface area (Å²) in [5.74, 6) is -0.690. The normalized spacial score (nSPS) is 11.6. The quantitative estimate of drug-likeness (QED) is 0.916. The summed E-state index contributed by atoms with van der Waals surface area (Å²) in [6.45, 7) is -1.24. The van der Waals surface area contributed by atoms with Gasteiger partial charge in [0.2, 0.25) is 0 Å². The van der Waals surface area contributed by atoms with Crippen molar-refractivity contribution in [3.63, 3.8) is 0 Å². The minimum atomic E-state index is -3.00. The maximum absolute atomic E-state index is 12.4. The zero-order valence-corrected chi connectivity index (χ0v) is 12.3. The van der Waals surface area contributed by atoms with Crippen molar-refractivity contribution >= 4 is 5.91 Å². The average molecular weight is 316 g/mol. The van der Waals surface area contributed by atoms with Crippen molar-refractivity contribution in [3.8, 4) is 11.8 Å². The highest BCUT2D eigenvalue weighted by atomic mass is 19.3. The fourth-order valence-electron chi connectivity index (χ4n) is 2.06. The summed E-state index contributed by atoms with van der Waals surface area (Å²) in [5, 5.41) is 11.5. The highest BCUT2D eigenvalue weighted by Crippen LogP contribution is 2.21. The largest absolute Gasteiger partial charge is 0.434 e. The van der Waals surface area contributed by atoms with Gasteiger partial charge in [0.1, 0.15) is 5.75 Å². The molecule has 0 bridgehead atoms. The van der Waals surface area contributed by atoms with Crippen molar-refractivity contribution in [1.29, 1.82) is 5.26 Å². The molecule has 0 aliphatic heterocycles. The van der Waals surface area contributed by atoms with Crippen LogP contribution < -0.4 is 10.1 Å². The van der Waals surface area contributed by atoms with Crippen LogP contribution in [0.3, 0.4) is 0 Å². The number of carbonyl (C=O) groups excluding carboxylic acids is 1. The zero-order valence-electron chi connectivity index (χ0n) is 12.3. The molecule has 0 fully saturated rings. The predicted octanol–water partition coefficient (Wildman–Crippen LogP) is 3.65. The van der Waals surface area contributed by atoms with Crippen molar-refractivity contribution in [1.82, 2.24) is 5.32 Å². The third kappa shape index (κ3) is 4.27. The van der Waals surface area contributed by atoms with E-state index in [0.717, 1.165) is 5.56 Å². The summed E-state index contributed by atoms with van der Waals surface area (Å²) in [5.41, 5.74) is 1.35. The molecule has 6 heteroatoms. The van der Waals surface area contributed by atoms with Gasteiger partial charge in [-0.3, -0.25) is 4.79 Å². The van der Waals surface area contributed by atoms with E-state index in [2.05, 4.69) is 10.1 Å². The van der Waals surface area contributed by atoms with Crippen molar-refractivity contribution in [3.05, 3.63) is 65.2 Å². The molecule has 118 valence electrons. The molecule has 0 aromatic heterocycles. The van der Waals surface area contributed by atoms with Crippen LogP contribution in [0.15, 0.2) is 48.5 Å². The van der Waals surface area contributed by atoms with Crippen LogP contribution in [-0.2, 0) is 0 Å². The van der Waals surface area contributed by atoms with Gasteiger partial charge >= 0.3 is 6.61 Å². The van der Waals surface area contributed by atoms with Crippen LogP contribution in [0.25, 0.3) is 0 Å². The Bertz CT molecular complexity index is 724. The third-order valence-corrected chi connectivity index (χ3v) is 3.24. The molecule has 0 saturated carbocycles. The smallest absolute Gasteiger partial charge is 0.387 e. The molecule has 1 atom stereocenters. The lowest BCUT2D eigenvalue weighted by Gasteiger charge is -2.16. The first-order valence-corrected chi connectivity index (χ1v) is 6.86. The molecule has 23 heavy (non-hydrogen) atoms. The van der Waals surface area contributed by atoms with Gasteiger partial charge in [0, 0.05) is 0 Å². The summed E-state index contributed by atoms with van der Waals surface area (Å²) < 4.78 is 29.1. The van der Waals surface area contributed by atoms with E-state index < -0.39 is 12.5 Å². The predicted molar refractivity (Wildman–Crippen MR) is 80.1 cm³/mol. The maximum Gasteiger partial charge on any atom is 0.387 e. The number of benzene rings is 2. The molecule has 0 radical (unpaired) electrons. The third-order valence-electron chi connectivity index (χ3n) is 3.24. The van der Waals surface area contributed by atoms with E-state index >= 15 is 0 Å². The molecule has 2 aromatic carbocycles. The summed E-state index contributed by atoms with van der Waals surface area (Å²) in [7, 11) is 0. The number of para-hydroxylation sites is 1. The van der Waals surface area contributed by atoms with Crippen LogP contribution in [-0.4, -0.2) is 12.5 Å². The highest BCUT2D eigenvalue weighted by molar-refractivity contribution is 5.97. The van der Waals surface area contributed by atoms with Crippen LogP contribution in [0.5, 0.6) is 5.75 Å². The lowest BCUT2D eigenvalue weighted by atomic mass is 10.1. The Morgan fingerprint density at radius 2 is 1.83 bits per heavy atom. The Morgan fingerprint density at radius 1 is 1.17 bits per heavy atom. The number of nitrogens with zero attached hydrogens (tertiary/aromatic N) is 1. The zero-order chi connectivity index (χ0) is 16.8. The molecular weight excluding hydrogens is 302 g/mol. The number of halogens is 2. The van der Waals surface area contributed by atoms with Crippen LogP contribution in [0.1, 0.15) is 34.5 Å². The minimum absolute atomic E-state index is 0.0355. The van der Waals surface area contributed by atoms with Crippen LogP contribution in [0.4, 0.5) is 8.78 Å². The summed E-state index contributed by atoms with van der Waals surface area (Å²) in [6.07, 6.45) is 0. The van der Waals surface area contributed by atoms with Crippen molar-refractivity contribution < 1.29 is 18.3 Å². The molecule has 1 amide bonds. The monoisotopic (exact) mass is 316 g/mol. The van der Waals surface area contributed by atoms with Crippen molar-refractivity contribution in [2.24, 2.45) is 0 Å². The van der Waals surface area contributed by atoms with E-state index in [0.29, 0.717) is 5.56 Å². The number of nitriles is 1. The first kappa shape index (κ1) is 16.4. The number of nitrogens with one attached hydrogen (secondary N) is 1. The van der Waals surface area contributed by atoms with Gasteiger partial charge in [-0.2, -0.15) is 14.0 Å². The van der Waals surface area contributed by atoms with Crippen molar-refractivity contribution in [2.45, 2.75) is 19.6 Å². The SMILES string of the molecule is CC(NC(=O)c1ccccc1OC(F)F)c1ccc(C#N)cc1. The van der Waals surface area contributed by atoms with E-state index in [9.17, 15) is 13.6 Å². The van der Waals surface area contributed by atoms with Gasteiger partial charge in [-0.15, -0.1) is 0 Å². The van der Waals surface area contributed by atoms with E-state index in [-0.39, 0.29) is 17.4 Å². The number of carbonyl (C=O) groups is 1. The van der Waals surface area contributed by atoms with E-state index in [1.165, 1.54) is 18.2 Å². The molecule has 0 heterocycles. The standard InChI is InChI=1S/C17H14F2N2O2/c1-11(13-8-6-12(10-20)7-9-13)21-16(22)14-4-2-3-5-15(14)23-17(18)19/h2-9,11,17H,1H3,(H,21,22). The molecular formula is C17H14F2N2O2. The Hall–Kier alpha value is -2.94. The van der Waals surface area contributed by atoms with Gasteiger partial charge in [-0.1, -0.05) is 24.3 Å². The number of ether oxygens (including phenoxy) is 1. The van der Waals surface area contributed by atoms with Crippen molar-refractivity contribution in [2.75, 3.05) is 0 Å². The molecule has 0 aliphatic rings. The van der Waals surface area contributed by atoms with Gasteiger partial charge < -0.3 is 10.1 Å². The Kier molecular flexibility index (Phi) is 5.26. The summed E-state index contributed by atoms with van der Waals surface area (Å²) >= 11 is 0. The Labute approximate surface area is 132 Å². The number of amides is 1. The second-order valence-electron chi connectivity index (χ2n) is 4.80. The topological polar surface area (TPSA) is 62.1 Å². The first-order chi connectivity index (χ1) is 11.0. The Balaban J connectivity index is 2.13. The molecule has 0 saturated heterocycles. The first-order valence-electron chi connectivity index (χ1n) is 6.86. The van der Waals surface area contributed by atoms with Gasteiger partial charge in [0.05, 0.1) is 23.2 Å². The number of alkyl halides is 2. The van der Waals surface area contributed by atoms with Crippen LogP contribution in [0.2, 0.25) is 0 Å². The number of rotatable bonds is 5. The molecule has 0 spiro atoms. The van der Waals surface area contributed by atoms with E-state index in [1.807, 2.05) is 6.07 Å². The fourth-order valence-corrected chi connectivity index (χ4v) is 2.06. The lowest BCUT2D eigenvalue weighted by Crippen LogP contribution is -2.27. The second-order valence-corrected chi connectivity index (χ2v) is 4.80. The molecule has 0 aliphatic carbocycles. The minimum Gasteiger partial charge on any atom is -0.434 e. The average Bonchev–Trinajstić information content (AvgIpc) is 2.54. The fraction of sp³-hybridized carbons (Fsp3) is 0.176. The molecule has 2 rings (SSSR count). The van der Waals surface area contributed by atoms with E-state index in [1.54, 1.807) is 37.3 Å². The number of hydrogen-bond donors (Lipinski definition) is 1. The molecule has 2 aromatic rings. The number of hydrogen-bond acceptors (Lipinski definition) is 3. The van der Waals surface area contributed by atoms with Gasteiger partial charge in [-0.05, 0) is 36.8 Å². The molecule has 1 unspecified atom stereocenters. The molecule has 4 nitrogen and oxygen atoms in total. The van der Waals surface area contributed by atoms with Gasteiger partial charge in [-0.25, -0.2) is 0 Å². The van der Waals surface area contributed by atoms with Crippen LogP contribution in [0, 0.1) is 11.3 Å². The van der Waals surface area contributed by atoms with Crippen LogP contribution >= 0.6 is 0 Å². The summed E-state index contributed by atoms with van der Waals surface area (Å²) in [6, 6.07) is 14.2. The van der Waals surface area contributed by atoms with E-state index in [4.69, 9.17) is 5.26 Å². The molecule has 1 N–H and O–H groups in total. The highest BCUT2D eigenvalue weighted by Gasteiger charge is 2.17. The lowest BCUT2D eigenvalue weighted by molar-refractivity contribution is -0.0501. The van der Waals surface area contributed by atoms with Gasteiger partial charge in [0.25, 0.3) is 5.91 Å². The van der Waals surface area contributed by atoms with Gasteiger partial charge in [0.15, 0.2) is 0 Å². The maximum atomic E-state index is 12.4.